The van der Waals surface area contributed by atoms with E-state index in [4.69, 9.17) is 25.1 Å². The highest BCUT2D eigenvalue weighted by atomic mass is 16.7. The third-order valence-corrected chi connectivity index (χ3v) is 5.65. The molecule has 0 aliphatic carbocycles. The van der Waals surface area contributed by atoms with Crippen molar-refractivity contribution < 1.29 is 35.0 Å². The molecule has 3 aromatic carbocycles. The summed E-state index contributed by atoms with van der Waals surface area (Å²) in [6.07, 6.45) is -6.61. The summed E-state index contributed by atoms with van der Waals surface area (Å²) in [5.74, 6) is -0.590. The van der Waals surface area contributed by atoms with E-state index in [-0.39, 0.29) is 19.8 Å². The Kier molecular flexibility index (Phi) is 8.50. The van der Waals surface area contributed by atoms with Gasteiger partial charge in [0.2, 0.25) is 0 Å². The predicted molar refractivity (Wildman–Crippen MR) is 128 cm³/mol. The zero-order valence-corrected chi connectivity index (χ0v) is 19.5. The van der Waals surface area contributed by atoms with Crippen molar-refractivity contribution in [3.05, 3.63) is 108 Å². The number of methoxy groups -OCH3 is 1. The average molecular weight is 480 g/mol. The number of carbonyl (C=O) groups is 1. The van der Waals surface area contributed by atoms with E-state index in [9.17, 15) is 9.90 Å². The monoisotopic (exact) mass is 479 g/mol. The van der Waals surface area contributed by atoms with Gasteiger partial charge in [-0.15, -0.1) is 0 Å². The minimum absolute atomic E-state index is 0.130. The van der Waals surface area contributed by atoms with Crippen molar-refractivity contribution >= 4 is 5.97 Å². The van der Waals surface area contributed by atoms with Crippen molar-refractivity contribution in [1.29, 1.82) is 0 Å². The van der Waals surface area contributed by atoms with Crippen LogP contribution in [0.25, 0.3) is 0 Å². The molecule has 1 N–H and O–H groups in total. The van der Waals surface area contributed by atoms with Crippen LogP contribution in [-0.4, -0.2) is 55.5 Å². The molecule has 7 nitrogen and oxygen atoms in total. The van der Waals surface area contributed by atoms with E-state index in [1.807, 2.05) is 60.7 Å². The molecule has 184 valence electrons. The SMILES string of the molecule is [2H][C@]1(O)[C@H](OCc2ccccc2)[C@@H](OCc2ccccc2)[C@@H](OC)O[C@@H]1COC(=O)c1ccccc1. The molecule has 3 aromatic rings. The molecule has 4 rings (SSSR count). The van der Waals surface area contributed by atoms with Gasteiger partial charge in [-0.05, 0) is 23.3 Å². The smallest absolute Gasteiger partial charge is 0.338 e. The number of ether oxygens (including phenoxy) is 5. The molecule has 1 saturated heterocycles. The summed E-state index contributed by atoms with van der Waals surface area (Å²) in [4.78, 5) is 12.5. The fourth-order valence-corrected chi connectivity index (χ4v) is 3.80. The lowest BCUT2D eigenvalue weighted by Gasteiger charge is -2.43. The van der Waals surface area contributed by atoms with Gasteiger partial charge >= 0.3 is 5.97 Å². The summed E-state index contributed by atoms with van der Waals surface area (Å²) in [5.41, 5.74) is 2.12. The second kappa shape index (κ2) is 12.6. The number of aliphatic hydroxyl groups is 1. The third-order valence-electron chi connectivity index (χ3n) is 5.65. The highest BCUT2D eigenvalue weighted by molar-refractivity contribution is 5.89. The van der Waals surface area contributed by atoms with Gasteiger partial charge in [-0.2, -0.15) is 0 Å². The second-order valence-electron chi connectivity index (χ2n) is 8.10. The normalized spacial score (nSPS) is 26.6. The van der Waals surface area contributed by atoms with Gasteiger partial charge in [-0.25, -0.2) is 4.79 Å². The molecule has 0 bridgehead atoms. The van der Waals surface area contributed by atoms with Gasteiger partial charge < -0.3 is 28.8 Å². The van der Waals surface area contributed by atoms with E-state index in [2.05, 4.69) is 0 Å². The molecular formula is C28H30O7. The molecule has 1 fully saturated rings. The van der Waals surface area contributed by atoms with E-state index >= 15 is 0 Å². The Labute approximate surface area is 206 Å². The quantitative estimate of drug-likeness (QED) is 0.444. The van der Waals surface area contributed by atoms with Crippen LogP contribution in [0.15, 0.2) is 91.0 Å². The zero-order chi connectivity index (χ0) is 25.4. The largest absolute Gasteiger partial charge is 0.459 e. The Bertz CT molecular complexity index is 1080. The van der Waals surface area contributed by atoms with Crippen LogP contribution in [-0.2, 0) is 36.9 Å². The van der Waals surface area contributed by atoms with Crippen LogP contribution >= 0.6 is 0 Å². The first kappa shape index (κ1) is 23.7. The molecule has 0 aromatic heterocycles. The fraction of sp³-hybridized carbons (Fsp3) is 0.321. The Morgan fingerprint density at radius 3 is 1.91 bits per heavy atom. The highest BCUT2D eigenvalue weighted by Gasteiger charge is 2.47. The molecule has 7 heteroatoms. The number of carbonyl (C=O) groups excluding carboxylic acids is 1. The number of rotatable bonds is 10. The van der Waals surface area contributed by atoms with Crippen molar-refractivity contribution in [3.63, 3.8) is 0 Å². The predicted octanol–water partition coefficient (Wildman–Crippen LogP) is 3.75. The van der Waals surface area contributed by atoms with Gasteiger partial charge in [-0.3, -0.25) is 0 Å². The molecule has 0 saturated carbocycles. The maximum absolute atomic E-state index is 12.5. The summed E-state index contributed by atoms with van der Waals surface area (Å²) < 4.78 is 37.8. The minimum atomic E-state index is -2.30. The summed E-state index contributed by atoms with van der Waals surface area (Å²) >= 11 is 0. The number of hydrogen-bond acceptors (Lipinski definition) is 7. The number of hydrogen-bond donors (Lipinski definition) is 1. The second-order valence-corrected chi connectivity index (χ2v) is 8.10. The van der Waals surface area contributed by atoms with E-state index in [1.165, 1.54) is 7.11 Å². The minimum Gasteiger partial charge on any atom is -0.459 e. The Morgan fingerprint density at radius 1 is 0.857 bits per heavy atom. The van der Waals surface area contributed by atoms with Crippen LogP contribution in [0.2, 0.25) is 0 Å². The van der Waals surface area contributed by atoms with Crippen molar-refractivity contribution in [1.82, 2.24) is 0 Å². The van der Waals surface area contributed by atoms with E-state index in [0.717, 1.165) is 11.1 Å². The van der Waals surface area contributed by atoms with Gasteiger partial charge in [0.15, 0.2) is 6.29 Å². The average Bonchev–Trinajstić information content (AvgIpc) is 2.92. The first-order valence-electron chi connectivity index (χ1n) is 11.9. The van der Waals surface area contributed by atoms with Crippen molar-refractivity contribution in [2.45, 2.75) is 43.9 Å². The molecule has 35 heavy (non-hydrogen) atoms. The van der Waals surface area contributed by atoms with Crippen LogP contribution in [0.5, 0.6) is 0 Å². The first-order chi connectivity index (χ1) is 17.5. The van der Waals surface area contributed by atoms with Crippen LogP contribution in [0, 0.1) is 0 Å². The lowest BCUT2D eigenvalue weighted by molar-refractivity contribution is -0.313. The van der Waals surface area contributed by atoms with Crippen molar-refractivity contribution in [3.8, 4) is 0 Å². The lowest BCUT2D eigenvalue weighted by Crippen LogP contribution is -2.60. The van der Waals surface area contributed by atoms with Gasteiger partial charge in [0.25, 0.3) is 0 Å². The molecule has 0 unspecified atom stereocenters. The maximum Gasteiger partial charge on any atom is 0.338 e. The van der Waals surface area contributed by atoms with Crippen LogP contribution in [0.1, 0.15) is 22.9 Å². The Balaban J connectivity index is 1.52. The molecule has 1 aliphatic rings. The third kappa shape index (κ3) is 6.75. The standard InChI is InChI=1S/C28H30O7/c1-31-28-26(33-18-21-13-7-3-8-14-21)25(32-17-20-11-5-2-6-12-20)24(29)23(35-28)19-34-27(30)22-15-9-4-10-16-22/h2-16,23-26,28-29H,17-19H2,1H3/t23-,24-,25+,26-,28+/m1/s1/i24D. The molecule has 0 spiro atoms. The summed E-state index contributed by atoms with van der Waals surface area (Å²) in [7, 11) is 1.44. The first-order valence-corrected chi connectivity index (χ1v) is 11.4. The highest BCUT2D eigenvalue weighted by Crippen LogP contribution is 2.28. The van der Waals surface area contributed by atoms with E-state index in [0.29, 0.717) is 5.56 Å². The van der Waals surface area contributed by atoms with Gasteiger partial charge in [0.1, 0.15) is 31.0 Å². The van der Waals surface area contributed by atoms with Gasteiger partial charge in [-0.1, -0.05) is 78.9 Å². The van der Waals surface area contributed by atoms with Crippen LogP contribution in [0.3, 0.4) is 0 Å². The molecule has 5 atom stereocenters. The van der Waals surface area contributed by atoms with Gasteiger partial charge in [0.05, 0.1) is 20.1 Å². The topological polar surface area (TPSA) is 83.5 Å². The maximum atomic E-state index is 12.5. The summed E-state index contributed by atoms with van der Waals surface area (Å²) in [6.45, 7) is -0.0430. The number of esters is 1. The summed E-state index contributed by atoms with van der Waals surface area (Å²) in [5, 5.41) is 11.3. The van der Waals surface area contributed by atoms with E-state index in [1.54, 1.807) is 30.3 Å². The lowest BCUT2D eigenvalue weighted by atomic mass is 9.98. The molecular weight excluding hydrogens is 448 g/mol. The zero-order valence-electron chi connectivity index (χ0n) is 20.5. The van der Waals surface area contributed by atoms with Crippen molar-refractivity contribution in [2.75, 3.05) is 13.7 Å². The Hall–Kier alpha value is -3.07. The van der Waals surface area contributed by atoms with Gasteiger partial charge in [0, 0.05) is 7.11 Å². The molecule has 1 heterocycles. The van der Waals surface area contributed by atoms with Crippen molar-refractivity contribution in [2.24, 2.45) is 0 Å². The fourth-order valence-electron chi connectivity index (χ4n) is 3.80. The number of benzene rings is 3. The molecule has 0 amide bonds. The van der Waals surface area contributed by atoms with E-state index < -0.39 is 36.7 Å². The van der Waals surface area contributed by atoms with Crippen LogP contribution < -0.4 is 0 Å². The van der Waals surface area contributed by atoms with Crippen LogP contribution in [0.4, 0.5) is 0 Å². The Morgan fingerprint density at radius 2 is 1.37 bits per heavy atom. The molecule has 1 aliphatic heterocycles. The summed E-state index contributed by atoms with van der Waals surface area (Å²) in [6, 6.07) is 27.4. The molecule has 0 radical (unpaired) electrons.